The number of methoxy groups -OCH3 is 1. The van der Waals surface area contributed by atoms with E-state index in [1.54, 1.807) is 13.4 Å². The van der Waals surface area contributed by atoms with Crippen LogP contribution in [-0.2, 0) is 6.61 Å². The number of hydrogen-bond donors (Lipinski definition) is 4. The zero-order valence-corrected chi connectivity index (χ0v) is 25.7. The van der Waals surface area contributed by atoms with Gasteiger partial charge in [-0.05, 0) is 107 Å². The molecular weight excluding hydrogens is 554 g/mol. The van der Waals surface area contributed by atoms with Crippen molar-refractivity contribution in [1.82, 2.24) is 20.1 Å². The van der Waals surface area contributed by atoms with Crippen LogP contribution in [-0.4, -0.2) is 77.5 Å². The number of furan rings is 1. The largest absolute Gasteiger partial charge is 0.497 e. The number of benzene rings is 2. The molecule has 9 nitrogen and oxygen atoms in total. The van der Waals surface area contributed by atoms with Crippen molar-refractivity contribution < 1.29 is 19.0 Å². The second-order valence-corrected chi connectivity index (χ2v) is 12.9. The molecule has 5 heterocycles. The zero-order chi connectivity index (χ0) is 30.0. The van der Waals surface area contributed by atoms with E-state index in [4.69, 9.17) is 19.3 Å². The summed E-state index contributed by atoms with van der Waals surface area (Å²) in [4.78, 5) is 8.60. The summed E-state index contributed by atoms with van der Waals surface area (Å²) in [6.45, 7) is 5.84. The lowest BCUT2D eigenvalue weighted by molar-refractivity contribution is 0.0734. The third-order valence-electron chi connectivity index (χ3n) is 10.0. The van der Waals surface area contributed by atoms with E-state index in [0.29, 0.717) is 18.6 Å². The molecule has 2 aromatic carbocycles. The Morgan fingerprint density at radius 2 is 1.91 bits per heavy atom. The highest BCUT2D eigenvalue weighted by Gasteiger charge is 2.36. The molecule has 0 spiro atoms. The number of aliphatic hydroxyl groups excluding tert-OH is 1. The Hall–Kier alpha value is -3.37. The number of aliphatic hydroxyl groups is 1. The highest BCUT2D eigenvalue weighted by molar-refractivity contribution is 5.88. The van der Waals surface area contributed by atoms with Crippen LogP contribution in [0.1, 0.15) is 62.4 Å². The van der Waals surface area contributed by atoms with Gasteiger partial charge in [0, 0.05) is 46.2 Å². The van der Waals surface area contributed by atoms with Crippen LogP contribution < -0.4 is 14.8 Å². The number of H-pyrrole nitrogens is 1. The summed E-state index contributed by atoms with van der Waals surface area (Å²) in [7, 11) is 1.64. The second kappa shape index (κ2) is 12.9. The minimum Gasteiger partial charge on any atom is -0.497 e. The van der Waals surface area contributed by atoms with Crippen LogP contribution in [0.2, 0.25) is 0 Å². The van der Waals surface area contributed by atoms with Crippen molar-refractivity contribution in [3.05, 3.63) is 60.0 Å². The maximum atomic E-state index is 11.2. The first-order chi connectivity index (χ1) is 21.6. The summed E-state index contributed by atoms with van der Waals surface area (Å²) in [5.41, 5.74) is 4.38. The molecule has 0 aliphatic carbocycles. The Morgan fingerprint density at radius 1 is 1.05 bits per heavy atom. The van der Waals surface area contributed by atoms with Crippen molar-refractivity contribution in [2.24, 2.45) is 5.92 Å². The Morgan fingerprint density at radius 3 is 2.77 bits per heavy atom. The average molecular weight is 600 g/mol. The lowest BCUT2D eigenvalue weighted by atomic mass is 9.84. The van der Waals surface area contributed by atoms with Gasteiger partial charge in [0.2, 0.25) is 0 Å². The van der Waals surface area contributed by atoms with Crippen molar-refractivity contribution in [2.45, 2.75) is 69.9 Å². The minimum absolute atomic E-state index is 0.260. The molecule has 0 bridgehead atoms. The molecule has 0 amide bonds. The average Bonchev–Trinajstić information content (AvgIpc) is 3.62. The van der Waals surface area contributed by atoms with Crippen molar-refractivity contribution in [1.29, 1.82) is 5.41 Å². The van der Waals surface area contributed by atoms with E-state index in [-0.39, 0.29) is 6.04 Å². The van der Waals surface area contributed by atoms with Gasteiger partial charge >= 0.3 is 0 Å². The third kappa shape index (κ3) is 6.11. The van der Waals surface area contributed by atoms with Crippen LogP contribution in [0.4, 0.5) is 0 Å². The first-order valence-electron chi connectivity index (χ1n) is 16.3. The predicted octanol–water partition coefficient (Wildman–Crippen LogP) is 5.83. The Labute approximate surface area is 259 Å². The summed E-state index contributed by atoms with van der Waals surface area (Å²) in [5.74, 6) is 2.09. The Balaban J connectivity index is 0.945. The number of aromatic amines is 1. The van der Waals surface area contributed by atoms with Gasteiger partial charge in [-0.3, -0.25) is 10.2 Å². The van der Waals surface area contributed by atoms with E-state index in [9.17, 15) is 5.11 Å². The molecular formula is C35H45N5O4. The van der Waals surface area contributed by atoms with Gasteiger partial charge in [0.25, 0.3) is 0 Å². The van der Waals surface area contributed by atoms with Gasteiger partial charge in [0.1, 0.15) is 29.9 Å². The molecule has 4 aromatic rings. The van der Waals surface area contributed by atoms with Gasteiger partial charge in [0.05, 0.1) is 25.1 Å². The maximum Gasteiger partial charge on any atom is 0.146 e. The van der Waals surface area contributed by atoms with E-state index < -0.39 is 6.23 Å². The number of fused-ring (bicyclic) bond motifs is 3. The molecule has 3 aliphatic rings. The fraction of sp³-hybridized carbons (Fsp3) is 0.514. The van der Waals surface area contributed by atoms with Gasteiger partial charge in [-0.25, -0.2) is 0 Å². The third-order valence-corrected chi connectivity index (χ3v) is 10.0. The number of likely N-dealkylation sites (tertiary alicyclic amines) is 1. The lowest BCUT2D eigenvalue weighted by Crippen LogP contribution is -2.53. The van der Waals surface area contributed by atoms with Crippen LogP contribution >= 0.6 is 0 Å². The summed E-state index contributed by atoms with van der Waals surface area (Å²) in [5, 5.41) is 25.3. The SMILES string of the molecule is COc1ccc2c(COc3cccc4[nH]c(C(O)NC5CCN(C[C@@H]6CCCN7CCCCC(=N)C67)CC5)cc34)coc2c1. The van der Waals surface area contributed by atoms with Crippen molar-refractivity contribution in [2.75, 3.05) is 39.8 Å². The molecule has 2 aromatic heterocycles. The number of piperidine rings is 2. The van der Waals surface area contributed by atoms with Crippen molar-refractivity contribution in [3.8, 4) is 11.5 Å². The minimum atomic E-state index is -0.780. The number of hydrogen-bond acceptors (Lipinski definition) is 8. The maximum absolute atomic E-state index is 11.2. The Kier molecular flexibility index (Phi) is 8.62. The highest BCUT2D eigenvalue weighted by Crippen LogP contribution is 2.32. The summed E-state index contributed by atoms with van der Waals surface area (Å²) in [6.07, 6.45) is 8.84. The molecule has 7 rings (SSSR count). The summed E-state index contributed by atoms with van der Waals surface area (Å²) in [6, 6.07) is 14.3. The monoisotopic (exact) mass is 599 g/mol. The van der Waals surface area contributed by atoms with E-state index in [0.717, 1.165) is 102 Å². The van der Waals surface area contributed by atoms with E-state index in [1.807, 2.05) is 42.5 Å². The number of nitrogens with zero attached hydrogens (tertiary/aromatic N) is 2. The first kappa shape index (κ1) is 29.3. The fourth-order valence-electron chi connectivity index (χ4n) is 7.68. The molecule has 0 saturated carbocycles. The fourth-order valence-corrected chi connectivity index (χ4v) is 7.68. The summed E-state index contributed by atoms with van der Waals surface area (Å²) >= 11 is 0. The van der Waals surface area contributed by atoms with Gasteiger partial charge in [-0.1, -0.05) is 6.07 Å². The van der Waals surface area contributed by atoms with Crippen LogP contribution in [0.25, 0.3) is 21.9 Å². The quantitative estimate of drug-likeness (QED) is 0.179. The molecule has 0 radical (unpaired) electrons. The molecule has 3 aliphatic heterocycles. The van der Waals surface area contributed by atoms with Gasteiger partial charge in [-0.2, -0.15) is 0 Å². The summed E-state index contributed by atoms with van der Waals surface area (Å²) < 4.78 is 17.3. The molecule has 44 heavy (non-hydrogen) atoms. The molecule has 3 atom stereocenters. The topological polar surface area (TPSA) is 110 Å². The molecule has 234 valence electrons. The number of nitrogens with one attached hydrogen (secondary N) is 3. The zero-order valence-electron chi connectivity index (χ0n) is 25.7. The predicted molar refractivity (Wildman–Crippen MR) is 173 cm³/mol. The molecule has 3 saturated heterocycles. The normalized spacial score (nSPS) is 23.1. The van der Waals surface area contributed by atoms with Gasteiger partial charge in [0.15, 0.2) is 0 Å². The van der Waals surface area contributed by atoms with Gasteiger partial charge < -0.3 is 34.3 Å². The smallest absolute Gasteiger partial charge is 0.146 e. The second-order valence-electron chi connectivity index (χ2n) is 12.9. The van der Waals surface area contributed by atoms with Crippen LogP contribution in [0, 0.1) is 11.3 Å². The van der Waals surface area contributed by atoms with Crippen molar-refractivity contribution in [3.63, 3.8) is 0 Å². The molecule has 2 unspecified atom stereocenters. The molecule has 4 N–H and O–H groups in total. The van der Waals surface area contributed by atoms with Crippen LogP contribution in [0.15, 0.2) is 53.1 Å². The van der Waals surface area contributed by atoms with E-state index >= 15 is 0 Å². The van der Waals surface area contributed by atoms with Gasteiger partial charge in [-0.15, -0.1) is 0 Å². The number of ether oxygens (including phenoxy) is 2. The van der Waals surface area contributed by atoms with Crippen molar-refractivity contribution >= 4 is 27.6 Å². The standard InChI is InChI=1S/C35H45N5O4/c1-42-26-10-11-27-24(22-44-33(27)18-26)21-43-32-9-4-8-30-28(32)19-31(38-30)35(41)37-25-12-16-39(17-13-25)20-23-6-5-15-40-14-3-2-7-29(36)34(23)40/h4,8-11,18-19,22-23,25,34-38,41H,2-3,5-7,12-17,20-21H2,1H3/t23-,34?,35?/m0/s1. The van der Waals surface area contributed by atoms with Crippen LogP contribution in [0.3, 0.4) is 0 Å². The van der Waals surface area contributed by atoms with E-state index in [1.165, 1.54) is 25.7 Å². The first-order valence-corrected chi connectivity index (χ1v) is 16.3. The number of rotatable bonds is 9. The van der Waals surface area contributed by atoms with E-state index in [2.05, 4.69) is 20.1 Å². The lowest BCUT2D eigenvalue weighted by Gasteiger charge is -2.43. The molecule has 3 fully saturated rings. The van der Waals surface area contributed by atoms with Crippen LogP contribution in [0.5, 0.6) is 11.5 Å². The highest BCUT2D eigenvalue weighted by atomic mass is 16.5. The molecule has 9 heteroatoms. The number of aromatic nitrogens is 1. The Bertz CT molecular complexity index is 1590.